The smallest absolute Gasteiger partial charge is 0.0237 e. The van der Waals surface area contributed by atoms with Crippen LogP contribution >= 0.6 is 0 Å². The first kappa shape index (κ1) is 13.1. The molecule has 2 heteroatoms. The molecule has 0 radical (unpaired) electrons. The van der Waals surface area contributed by atoms with E-state index in [9.17, 15) is 0 Å². The van der Waals surface area contributed by atoms with Crippen LogP contribution in [0.2, 0.25) is 0 Å². The van der Waals surface area contributed by atoms with Crippen LogP contribution in [0.4, 0.5) is 0 Å². The van der Waals surface area contributed by atoms with Crippen molar-refractivity contribution in [2.75, 3.05) is 32.7 Å². The molecule has 0 bridgehead atoms. The molecule has 0 spiro atoms. The van der Waals surface area contributed by atoms with E-state index in [1.165, 1.54) is 52.0 Å². The largest absolute Gasteiger partial charge is 0.302 e. The molecule has 1 saturated heterocycles. The summed E-state index contributed by atoms with van der Waals surface area (Å²) in [5.74, 6) is 0.686. The van der Waals surface area contributed by atoms with Gasteiger partial charge in [-0.05, 0) is 43.0 Å². The van der Waals surface area contributed by atoms with Gasteiger partial charge < -0.3 is 4.90 Å². The summed E-state index contributed by atoms with van der Waals surface area (Å²) < 4.78 is 0. The maximum Gasteiger partial charge on any atom is 0.0237 e. The fourth-order valence-corrected chi connectivity index (χ4v) is 3.59. The molecule has 104 valence electrons. The molecule has 1 aromatic carbocycles. The van der Waals surface area contributed by atoms with Crippen molar-refractivity contribution in [1.82, 2.24) is 9.80 Å². The van der Waals surface area contributed by atoms with Gasteiger partial charge in [-0.15, -0.1) is 0 Å². The summed E-state index contributed by atoms with van der Waals surface area (Å²) >= 11 is 0. The van der Waals surface area contributed by atoms with Crippen LogP contribution in [0.15, 0.2) is 24.3 Å². The maximum atomic E-state index is 2.65. The lowest BCUT2D eigenvalue weighted by molar-refractivity contribution is 0.167. The first-order chi connectivity index (χ1) is 9.33. The molecule has 1 unspecified atom stereocenters. The first-order valence-corrected chi connectivity index (χ1v) is 7.85. The van der Waals surface area contributed by atoms with Gasteiger partial charge in [0, 0.05) is 26.2 Å². The van der Waals surface area contributed by atoms with Gasteiger partial charge >= 0.3 is 0 Å². The van der Waals surface area contributed by atoms with Crippen LogP contribution in [0.5, 0.6) is 0 Å². The van der Waals surface area contributed by atoms with E-state index in [0.29, 0.717) is 5.92 Å². The molecular formula is C17H26N2. The lowest BCUT2D eigenvalue weighted by Crippen LogP contribution is -2.40. The van der Waals surface area contributed by atoms with E-state index >= 15 is 0 Å². The van der Waals surface area contributed by atoms with Crippen LogP contribution < -0.4 is 0 Å². The van der Waals surface area contributed by atoms with Gasteiger partial charge in [0.15, 0.2) is 0 Å². The number of piperidine rings is 1. The molecular weight excluding hydrogens is 232 g/mol. The zero-order valence-electron chi connectivity index (χ0n) is 12.1. The van der Waals surface area contributed by atoms with Gasteiger partial charge in [-0.2, -0.15) is 0 Å². The van der Waals surface area contributed by atoms with E-state index in [2.05, 4.69) is 41.0 Å². The summed E-state index contributed by atoms with van der Waals surface area (Å²) in [6.45, 7) is 9.87. The van der Waals surface area contributed by atoms with Crippen LogP contribution in [-0.2, 0) is 6.54 Å². The van der Waals surface area contributed by atoms with E-state index in [-0.39, 0.29) is 0 Å². The molecule has 0 saturated carbocycles. The summed E-state index contributed by atoms with van der Waals surface area (Å²) in [5.41, 5.74) is 3.11. The molecule has 0 N–H and O–H groups in total. The minimum Gasteiger partial charge on any atom is -0.302 e. The highest BCUT2D eigenvalue weighted by molar-refractivity contribution is 5.32. The van der Waals surface area contributed by atoms with Gasteiger partial charge in [0.2, 0.25) is 0 Å². The van der Waals surface area contributed by atoms with Crippen LogP contribution in [0.25, 0.3) is 0 Å². The zero-order valence-corrected chi connectivity index (χ0v) is 12.1. The minimum absolute atomic E-state index is 0.686. The van der Waals surface area contributed by atoms with Gasteiger partial charge in [0.05, 0.1) is 0 Å². The highest BCUT2D eigenvalue weighted by atomic mass is 15.2. The Balaban J connectivity index is 1.56. The quantitative estimate of drug-likeness (QED) is 0.822. The summed E-state index contributed by atoms with van der Waals surface area (Å²) in [4.78, 5) is 5.29. The molecule has 2 aliphatic heterocycles. The van der Waals surface area contributed by atoms with Crippen LogP contribution in [-0.4, -0.2) is 42.5 Å². The minimum atomic E-state index is 0.686. The lowest BCUT2D eigenvalue weighted by Gasteiger charge is -2.35. The van der Waals surface area contributed by atoms with E-state index in [4.69, 9.17) is 0 Å². The first-order valence-electron chi connectivity index (χ1n) is 7.85. The third-order valence-electron chi connectivity index (χ3n) is 4.69. The number of hydrogen-bond donors (Lipinski definition) is 0. The number of fused-ring (bicyclic) bond motifs is 1. The topological polar surface area (TPSA) is 6.48 Å². The van der Waals surface area contributed by atoms with Crippen molar-refractivity contribution in [2.24, 2.45) is 0 Å². The van der Waals surface area contributed by atoms with Crippen molar-refractivity contribution < 1.29 is 0 Å². The van der Waals surface area contributed by atoms with Crippen molar-refractivity contribution in [3.05, 3.63) is 35.4 Å². The molecule has 0 amide bonds. The second-order valence-electron chi connectivity index (χ2n) is 6.24. The average molecular weight is 258 g/mol. The zero-order chi connectivity index (χ0) is 13.1. The lowest BCUT2D eigenvalue weighted by atomic mass is 9.91. The second kappa shape index (κ2) is 6.06. The van der Waals surface area contributed by atoms with Gasteiger partial charge in [-0.3, -0.25) is 4.90 Å². The van der Waals surface area contributed by atoms with Crippen molar-refractivity contribution in [3.63, 3.8) is 0 Å². The normalized spacial score (nSPS) is 25.2. The van der Waals surface area contributed by atoms with E-state index in [0.717, 1.165) is 6.54 Å². The van der Waals surface area contributed by atoms with Gasteiger partial charge in [0.25, 0.3) is 0 Å². The van der Waals surface area contributed by atoms with Crippen LogP contribution in [0.3, 0.4) is 0 Å². The summed E-state index contributed by atoms with van der Waals surface area (Å²) in [7, 11) is 0. The Morgan fingerprint density at radius 3 is 2.58 bits per heavy atom. The van der Waals surface area contributed by atoms with Crippen molar-refractivity contribution in [2.45, 2.75) is 38.6 Å². The van der Waals surface area contributed by atoms with Gasteiger partial charge in [0.1, 0.15) is 0 Å². The Hall–Kier alpha value is -0.860. The van der Waals surface area contributed by atoms with Crippen LogP contribution in [0, 0.1) is 0 Å². The van der Waals surface area contributed by atoms with Gasteiger partial charge in [-0.1, -0.05) is 37.6 Å². The Kier molecular flexibility index (Phi) is 4.19. The molecule has 0 aliphatic carbocycles. The second-order valence-corrected chi connectivity index (χ2v) is 6.24. The van der Waals surface area contributed by atoms with Crippen molar-refractivity contribution in [3.8, 4) is 0 Å². The number of rotatable bonds is 3. The highest BCUT2D eigenvalue weighted by Gasteiger charge is 2.22. The molecule has 1 fully saturated rings. The number of benzene rings is 1. The van der Waals surface area contributed by atoms with Crippen molar-refractivity contribution in [1.29, 1.82) is 0 Å². The summed E-state index contributed by atoms with van der Waals surface area (Å²) in [6, 6.07) is 8.97. The SMILES string of the molecule is CC1CN(CCN2CCCCC2)Cc2ccccc21. The molecule has 3 rings (SSSR count). The monoisotopic (exact) mass is 258 g/mol. The summed E-state index contributed by atoms with van der Waals surface area (Å²) in [6.07, 6.45) is 4.24. The fourth-order valence-electron chi connectivity index (χ4n) is 3.59. The molecule has 2 nitrogen and oxygen atoms in total. The van der Waals surface area contributed by atoms with E-state index < -0.39 is 0 Å². The molecule has 2 heterocycles. The highest BCUT2D eigenvalue weighted by Crippen LogP contribution is 2.27. The average Bonchev–Trinajstić information content (AvgIpc) is 2.46. The third-order valence-corrected chi connectivity index (χ3v) is 4.69. The van der Waals surface area contributed by atoms with Crippen molar-refractivity contribution >= 4 is 0 Å². The molecule has 1 aromatic rings. The Labute approximate surface area is 117 Å². The fraction of sp³-hybridized carbons (Fsp3) is 0.647. The molecule has 2 aliphatic rings. The molecule has 1 atom stereocenters. The van der Waals surface area contributed by atoms with E-state index in [1.807, 2.05) is 0 Å². The number of nitrogens with zero attached hydrogens (tertiary/aromatic N) is 2. The Morgan fingerprint density at radius 2 is 1.74 bits per heavy atom. The number of likely N-dealkylation sites (tertiary alicyclic amines) is 1. The predicted molar refractivity (Wildman–Crippen MR) is 80.4 cm³/mol. The standard InChI is InChI=1S/C17H26N2/c1-15-13-19(12-11-18-9-5-2-6-10-18)14-16-7-3-4-8-17(15)16/h3-4,7-8,15H,2,5-6,9-14H2,1H3. The molecule has 19 heavy (non-hydrogen) atoms. The molecule has 0 aromatic heterocycles. The Morgan fingerprint density at radius 1 is 1.00 bits per heavy atom. The predicted octanol–water partition coefficient (Wildman–Crippen LogP) is 3.09. The third kappa shape index (κ3) is 3.18. The maximum absolute atomic E-state index is 2.65. The Bertz CT molecular complexity index is 409. The van der Waals surface area contributed by atoms with E-state index in [1.54, 1.807) is 11.1 Å². The van der Waals surface area contributed by atoms with Crippen LogP contribution in [0.1, 0.15) is 43.2 Å². The van der Waals surface area contributed by atoms with Gasteiger partial charge in [-0.25, -0.2) is 0 Å². The number of hydrogen-bond acceptors (Lipinski definition) is 2. The summed E-state index contributed by atoms with van der Waals surface area (Å²) in [5, 5.41) is 0.